The molecule has 2 N–H and O–H groups in total. The molecular weight excluding hydrogens is 317 g/mol. The second-order valence-electron chi connectivity index (χ2n) is 6.21. The van der Waals surface area contributed by atoms with Crippen molar-refractivity contribution in [2.45, 2.75) is 31.9 Å². The molecular formula is C16H26FN3O2S. The van der Waals surface area contributed by atoms with E-state index in [0.29, 0.717) is 12.5 Å². The van der Waals surface area contributed by atoms with Crippen LogP contribution in [0.4, 0.5) is 4.39 Å². The van der Waals surface area contributed by atoms with Gasteiger partial charge in [0.05, 0.1) is 4.75 Å². The highest BCUT2D eigenvalue weighted by Gasteiger charge is 2.30. The van der Waals surface area contributed by atoms with Crippen molar-refractivity contribution in [2.24, 2.45) is 4.99 Å². The van der Waals surface area contributed by atoms with E-state index in [2.05, 4.69) is 15.6 Å². The maximum atomic E-state index is 13.1. The monoisotopic (exact) mass is 343 g/mol. The molecule has 1 aromatic rings. The summed E-state index contributed by atoms with van der Waals surface area (Å²) in [4.78, 5) is 4.08. The fourth-order valence-corrected chi connectivity index (χ4v) is 2.24. The number of hydrogen-bond donors (Lipinski definition) is 2. The van der Waals surface area contributed by atoms with Gasteiger partial charge in [0.2, 0.25) is 0 Å². The van der Waals surface area contributed by atoms with Crippen molar-refractivity contribution in [1.82, 2.24) is 10.6 Å². The average Bonchev–Trinajstić information content (AvgIpc) is 2.43. The van der Waals surface area contributed by atoms with Gasteiger partial charge < -0.3 is 10.6 Å². The zero-order valence-electron chi connectivity index (χ0n) is 14.4. The summed E-state index contributed by atoms with van der Waals surface area (Å²) in [6.07, 6.45) is 1.95. The second-order valence-corrected chi connectivity index (χ2v) is 8.85. The summed E-state index contributed by atoms with van der Waals surface area (Å²) in [6, 6.07) is 4.73. The van der Waals surface area contributed by atoms with Crippen LogP contribution in [-0.4, -0.2) is 45.5 Å². The molecule has 7 heteroatoms. The van der Waals surface area contributed by atoms with E-state index in [1.165, 1.54) is 18.4 Å². The Labute approximate surface area is 138 Å². The highest BCUT2D eigenvalue weighted by Crippen LogP contribution is 2.13. The van der Waals surface area contributed by atoms with Crippen molar-refractivity contribution >= 4 is 15.8 Å². The summed E-state index contributed by atoms with van der Waals surface area (Å²) < 4.78 is 35.6. The quantitative estimate of drug-likeness (QED) is 0.609. The number of benzene rings is 1. The van der Waals surface area contributed by atoms with Crippen molar-refractivity contribution in [3.05, 3.63) is 35.1 Å². The fourth-order valence-electron chi connectivity index (χ4n) is 1.90. The molecule has 0 heterocycles. The van der Waals surface area contributed by atoms with Crippen LogP contribution >= 0.6 is 0 Å². The number of guanidine groups is 1. The smallest absolute Gasteiger partial charge is 0.191 e. The molecule has 0 aliphatic carbocycles. The number of aryl methyl sites for hydroxylation is 1. The summed E-state index contributed by atoms with van der Waals surface area (Å²) in [6.45, 7) is 6.10. The molecule has 0 spiro atoms. The number of hydrogen-bond acceptors (Lipinski definition) is 3. The van der Waals surface area contributed by atoms with Crippen molar-refractivity contribution < 1.29 is 12.8 Å². The summed E-state index contributed by atoms with van der Waals surface area (Å²) in [5, 5.41) is 6.16. The van der Waals surface area contributed by atoms with E-state index in [1.54, 1.807) is 27.0 Å². The predicted octanol–water partition coefficient (Wildman–Crippen LogP) is 1.66. The van der Waals surface area contributed by atoms with Gasteiger partial charge in [0, 0.05) is 26.4 Å². The predicted molar refractivity (Wildman–Crippen MR) is 93.1 cm³/mol. The number of rotatable bonds is 6. The second kappa shape index (κ2) is 7.77. The first-order chi connectivity index (χ1) is 10.6. The van der Waals surface area contributed by atoms with E-state index in [-0.39, 0.29) is 12.4 Å². The van der Waals surface area contributed by atoms with Gasteiger partial charge in [-0.3, -0.25) is 4.99 Å². The first-order valence-electron chi connectivity index (χ1n) is 7.46. The minimum atomic E-state index is -3.16. The third-order valence-electron chi connectivity index (χ3n) is 3.90. The lowest BCUT2D eigenvalue weighted by Gasteiger charge is -2.24. The molecule has 23 heavy (non-hydrogen) atoms. The summed E-state index contributed by atoms with van der Waals surface area (Å²) >= 11 is 0. The third-order valence-corrected chi connectivity index (χ3v) is 6.05. The molecule has 1 aromatic carbocycles. The third kappa shape index (κ3) is 5.82. The van der Waals surface area contributed by atoms with Gasteiger partial charge >= 0.3 is 0 Å². The van der Waals surface area contributed by atoms with E-state index >= 15 is 0 Å². The lowest BCUT2D eigenvalue weighted by molar-refractivity contribution is 0.544. The van der Waals surface area contributed by atoms with E-state index in [0.717, 1.165) is 17.5 Å². The molecule has 0 saturated carbocycles. The van der Waals surface area contributed by atoms with Gasteiger partial charge in [-0.25, -0.2) is 12.8 Å². The van der Waals surface area contributed by atoms with Crippen LogP contribution < -0.4 is 10.6 Å². The lowest BCUT2D eigenvalue weighted by Crippen LogP contribution is -2.48. The van der Waals surface area contributed by atoms with E-state index < -0.39 is 14.6 Å². The van der Waals surface area contributed by atoms with Crippen LogP contribution in [0.2, 0.25) is 0 Å². The molecule has 0 aromatic heterocycles. The minimum Gasteiger partial charge on any atom is -0.356 e. The van der Waals surface area contributed by atoms with Crippen LogP contribution in [0.1, 0.15) is 25.0 Å². The minimum absolute atomic E-state index is 0.236. The molecule has 0 amide bonds. The molecule has 0 radical (unpaired) electrons. The van der Waals surface area contributed by atoms with Crippen LogP contribution in [0.3, 0.4) is 0 Å². The van der Waals surface area contributed by atoms with Crippen LogP contribution in [0.15, 0.2) is 23.2 Å². The molecule has 0 aliphatic heterocycles. The molecule has 0 bridgehead atoms. The Morgan fingerprint density at radius 3 is 2.48 bits per heavy atom. The Morgan fingerprint density at radius 2 is 1.96 bits per heavy atom. The first kappa shape index (κ1) is 19.4. The van der Waals surface area contributed by atoms with Crippen LogP contribution in [0, 0.1) is 12.7 Å². The van der Waals surface area contributed by atoms with Crippen molar-refractivity contribution in [3.63, 3.8) is 0 Å². The van der Waals surface area contributed by atoms with Gasteiger partial charge in [-0.15, -0.1) is 0 Å². The summed E-state index contributed by atoms with van der Waals surface area (Å²) in [5.74, 6) is 0.307. The molecule has 0 fully saturated rings. The van der Waals surface area contributed by atoms with Gasteiger partial charge in [-0.1, -0.05) is 6.07 Å². The maximum Gasteiger partial charge on any atom is 0.191 e. The molecule has 0 aliphatic rings. The first-order valence-corrected chi connectivity index (χ1v) is 9.35. The zero-order chi connectivity index (χ0) is 17.7. The molecule has 0 atom stereocenters. The zero-order valence-corrected chi connectivity index (χ0v) is 15.2. The van der Waals surface area contributed by atoms with Crippen molar-refractivity contribution in [1.29, 1.82) is 0 Å². The van der Waals surface area contributed by atoms with E-state index in [9.17, 15) is 12.8 Å². The van der Waals surface area contributed by atoms with Crippen LogP contribution in [0.25, 0.3) is 0 Å². The SMILES string of the molecule is CN=C(NCCc1ccc(F)cc1C)NCC(C)(C)S(C)(=O)=O. The van der Waals surface area contributed by atoms with Gasteiger partial charge in [0.15, 0.2) is 15.8 Å². The van der Waals surface area contributed by atoms with Gasteiger partial charge in [-0.2, -0.15) is 0 Å². The Balaban J connectivity index is 2.52. The number of halogens is 1. The highest BCUT2D eigenvalue weighted by atomic mass is 32.2. The standard InChI is InChI=1S/C16H26FN3O2S/c1-12-10-14(17)7-6-13(12)8-9-19-15(18-4)20-11-16(2,3)23(5,21)22/h6-7,10H,8-9,11H2,1-5H3,(H2,18,19,20). The topological polar surface area (TPSA) is 70.6 Å². The van der Waals surface area contributed by atoms with Crippen molar-refractivity contribution in [3.8, 4) is 0 Å². The Morgan fingerprint density at radius 1 is 1.30 bits per heavy atom. The fraction of sp³-hybridized carbons (Fsp3) is 0.562. The highest BCUT2D eigenvalue weighted by molar-refractivity contribution is 7.92. The Bertz CT molecular complexity index is 670. The van der Waals surface area contributed by atoms with E-state index in [4.69, 9.17) is 0 Å². The van der Waals surface area contributed by atoms with Crippen molar-refractivity contribution in [2.75, 3.05) is 26.4 Å². The molecule has 0 saturated heterocycles. The molecule has 5 nitrogen and oxygen atoms in total. The Kier molecular flexibility index (Phi) is 6.56. The number of aliphatic imine (C=N–C) groups is 1. The normalized spacial score (nSPS) is 13.0. The number of sulfone groups is 1. The van der Waals surface area contributed by atoms with E-state index in [1.807, 2.05) is 6.92 Å². The molecule has 0 unspecified atom stereocenters. The van der Waals surface area contributed by atoms with Gasteiger partial charge in [0.1, 0.15) is 5.82 Å². The molecule has 130 valence electrons. The number of nitrogens with zero attached hydrogens (tertiary/aromatic N) is 1. The van der Waals surface area contributed by atoms with Gasteiger partial charge in [-0.05, 0) is 50.5 Å². The Hall–Kier alpha value is -1.63. The number of nitrogens with one attached hydrogen (secondary N) is 2. The van der Waals surface area contributed by atoms with Gasteiger partial charge in [0.25, 0.3) is 0 Å². The van der Waals surface area contributed by atoms with Crippen LogP contribution in [-0.2, 0) is 16.3 Å². The van der Waals surface area contributed by atoms with Crippen LogP contribution in [0.5, 0.6) is 0 Å². The maximum absolute atomic E-state index is 13.1. The average molecular weight is 343 g/mol. The largest absolute Gasteiger partial charge is 0.356 e. The lowest BCUT2D eigenvalue weighted by atomic mass is 10.1. The molecule has 1 rings (SSSR count). The summed E-state index contributed by atoms with van der Waals surface area (Å²) in [7, 11) is -1.53. The summed E-state index contributed by atoms with van der Waals surface area (Å²) in [5.41, 5.74) is 1.97.